The van der Waals surface area contributed by atoms with Crippen molar-refractivity contribution in [3.8, 4) is 22.1 Å². The number of hydrogen-bond acceptors (Lipinski definition) is 8. The summed E-state index contributed by atoms with van der Waals surface area (Å²) in [4.78, 5) is 32.3. The number of non-ortho nitro benzene ring substituents is 1. The highest BCUT2D eigenvalue weighted by Crippen LogP contribution is 2.27. The minimum absolute atomic E-state index is 0.131. The first-order chi connectivity index (χ1) is 16.0. The zero-order chi connectivity index (χ0) is 23.4. The van der Waals surface area contributed by atoms with Gasteiger partial charge in [-0.15, -0.1) is 11.3 Å². The van der Waals surface area contributed by atoms with Crippen LogP contribution in [0.3, 0.4) is 0 Å². The second kappa shape index (κ2) is 9.97. The van der Waals surface area contributed by atoms with Crippen LogP contribution in [0.1, 0.15) is 16.1 Å². The Bertz CT molecular complexity index is 1140. The van der Waals surface area contributed by atoms with Gasteiger partial charge in [0.25, 0.3) is 11.6 Å². The molecule has 2 heterocycles. The fourth-order valence-electron chi connectivity index (χ4n) is 3.73. The number of carbonyl (C=O) groups excluding carboxylic acids is 1. The number of thiazole rings is 1. The SMILES string of the molecule is COc1ccc(-c2nc(CN3CCN(C(=O)c4cc([N+](=O)[O-])ccc4OC)CC3)cs2)cc1. The van der Waals surface area contributed by atoms with Crippen molar-refractivity contribution in [3.63, 3.8) is 0 Å². The maximum Gasteiger partial charge on any atom is 0.270 e. The molecule has 0 atom stereocenters. The average Bonchev–Trinajstić information content (AvgIpc) is 3.32. The zero-order valence-electron chi connectivity index (χ0n) is 18.4. The molecule has 0 N–H and O–H groups in total. The average molecular weight is 469 g/mol. The first-order valence-corrected chi connectivity index (χ1v) is 11.3. The molecular formula is C23H24N4O5S. The molecule has 33 heavy (non-hydrogen) atoms. The van der Waals surface area contributed by atoms with Gasteiger partial charge in [0.1, 0.15) is 16.5 Å². The van der Waals surface area contributed by atoms with Gasteiger partial charge in [-0.05, 0) is 30.3 Å². The summed E-state index contributed by atoms with van der Waals surface area (Å²) in [6.45, 7) is 3.14. The number of carbonyl (C=O) groups is 1. The summed E-state index contributed by atoms with van der Waals surface area (Å²) in [5.74, 6) is 0.887. The summed E-state index contributed by atoms with van der Waals surface area (Å²) in [5, 5.41) is 14.1. The third-order valence-corrected chi connectivity index (χ3v) is 6.50. The molecule has 0 bridgehead atoms. The van der Waals surface area contributed by atoms with Crippen LogP contribution in [0.25, 0.3) is 10.6 Å². The highest BCUT2D eigenvalue weighted by molar-refractivity contribution is 7.13. The van der Waals surface area contributed by atoms with Gasteiger partial charge in [-0.25, -0.2) is 4.98 Å². The Morgan fingerprint density at radius 2 is 1.82 bits per heavy atom. The Hall–Kier alpha value is -3.50. The summed E-state index contributed by atoms with van der Waals surface area (Å²) in [6.07, 6.45) is 0. The molecule has 4 rings (SSSR count). The topological polar surface area (TPSA) is 98.0 Å². The van der Waals surface area contributed by atoms with E-state index in [1.165, 1.54) is 25.3 Å². The van der Waals surface area contributed by atoms with Crippen LogP contribution in [0.5, 0.6) is 11.5 Å². The van der Waals surface area contributed by atoms with Crippen molar-refractivity contribution in [1.82, 2.24) is 14.8 Å². The predicted octanol–water partition coefficient (Wildman–Crippen LogP) is 3.69. The van der Waals surface area contributed by atoms with Crippen LogP contribution in [-0.2, 0) is 6.54 Å². The normalized spacial score (nSPS) is 14.2. The van der Waals surface area contributed by atoms with E-state index >= 15 is 0 Å². The maximum absolute atomic E-state index is 13.0. The minimum atomic E-state index is -0.512. The van der Waals surface area contributed by atoms with Gasteiger partial charge in [-0.3, -0.25) is 19.8 Å². The third-order valence-electron chi connectivity index (χ3n) is 5.56. The van der Waals surface area contributed by atoms with Crippen LogP contribution in [0.2, 0.25) is 0 Å². The van der Waals surface area contributed by atoms with E-state index in [9.17, 15) is 14.9 Å². The Morgan fingerprint density at radius 3 is 2.45 bits per heavy atom. The summed E-state index contributed by atoms with van der Waals surface area (Å²) < 4.78 is 10.5. The molecule has 2 aromatic carbocycles. The number of ether oxygens (including phenoxy) is 2. The van der Waals surface area contributed by atoms with Crippen molar-refractivity contribution in [3.05, 3.63) is 69.2 Å². The molecule has 3 aromatic rings. The van der Waals surface area contributed by atoms with Gasteiger partial charge in [-0.2, -0.15) is 0 Å². The Labute approximate surface area is 195 Å². The van der Waals surface area contributed by atoms with Crippen molar-refractivity contribution in [2.45, 2.75) is 6.54 Å². The Morgan fingerprint density at radius 1 is 1.09 bits per heavy atom. The van der Waals surface area contributed by atoms with E-state index in [2.05, 4.69) is 10.3 Å². The quantitative estimate of drug-likeness (QED) is 0.385. The van der Waals surface area contributed by atoms with Crippen molar-refractivity contribution in [1.29, 1.82) is 0 Å². The molecule has 1 aliphatic rings. The number of nitro benzene ring substituents is 1. The van der Waals surface area contributed by atoms with E-state index < -0.39 is 4.92 Å². The fourth-order valence-corrected chi connectivity index (χ4v) is 4.55. The smallest absolute Gasteiger partial charge is 0.270 e. The number of nitro groups is 1. The molecule has 1 aromatic heterocycles. The molecule has 1 aliphatic heterocycles. The number of amides is 1. The molecular weight excluding hydrogens is 444 g/mol. The van der Waals surface area contributed by atoms with Gasteiger partial charge in [0.2, 0.25) is 0 Å². The molecule has 10 heteroatoms. The number of aromatic nitrogens is 1. The second-order valence-electron chi connectivity index (χ2n) is 7.58. The summed E-state index contributed by atoms with van der Waals surface area (Å²) in [5.41, 5.74) is 2.12. The van der Waals surface area contributed by atoms with E-state index in [1.807, 2.05) is 24.3 Å². The fraction of sp³-hybridized carbons (Fsp3) is 0.304. The van der Waals surface area contributed by atoms with E-state index in [-0.39, 0.29) is 17.2 Å². The highest BCUT2D eigenvalue weighted by Gasteiger charge is 2.26. The molecule has 0 radical (unpaired) electrons. The van der Waals surface area contributed by atoms with Crippen LogP contribution in [0.15, 0.2) is 47.8 Å². The third kappa shape index (κ3) is 5.12. The molecule has 9 nitrogen and oxygen atoms in total. The number of rotatable bonds is 7. The van der Waals surface area contributed by atoms with Crippen LogP contribution in [0.4, 0.5) is 5.69 Å². The zero-order valence-corrected chi connectivity index (χ0v) is 19.2. The van der Waals surface area contributed by atoms with Gasteiger partial charge < -0.3 is 14.4 Å². The van der Waals surface area contributed by atoms with Crippen molar-refractivity contribution in [2.75, 3.05) is 40.4 Å². The molecule has 1 fully saturated rings. The maximum atomic E-state index is 13.0. The molecule has 0 saturated carbocycles. The van der Waals surface area contributed by atoms with Crippen molar-refractivity contribution < 1.29 is 19.2 Å². The number of hydrogen-bond donors (Lipinski definition) is 0. The molecule has 172 valence electrons. The van der Waals surface area contributed by atoms with Gasteiger partial charge >= 0.3 is 0 Å². The molecule has 1 amide bonds. The van der Waals surface area contributed by atoms with Crippen LogP contribution >= 0.6 is 11.3 Å². The Balaban J connectivity index is 1.37. The van der Waals surface area contributed by atoms with Gasteiger partial charge in [0.15, 0.2) is 0 Å². The summed E-state index contributed by atoms with van der Waals surface area (Å²) >= 11 is 1.60. The lowest BCUT2D eigenvalue weighted by molar-refractivity contribution is -0.384. The predicted molar refractivity (Wildman–Crippen MR) is 125 cm³/mol. The number of nitrogens with zero attached hydrogens (tertiary/aromatic N) is 4. The molecule has 1 saturated heterocycles. The van der Waals surface area contributed by atoms with E-state index in [0.29, 0.717) is 38.5 Å². The molecule has 0 unspecified atom stereocenters. The summed E-state index contributed by atoms with van der Waals surface area (Å²) in [7, 11) is 3.09. The van der Waals surface area contributed by atoms with Gasteiger partial charge in [-0.1, -0.05) is 0 Å². The van der Waals surface area contributed by atoms with Gasteiger partial charge in [0, 0.05) is 55.8 Å². The lowest BCUT2D eigenvalue weighted by atomic mass is 10.1. The first-order valence-electron chi connectivity index (χ1n) is 10.4. The number of benzene rings is 2. The summed E-state index contributed by atoms with van der Waals surface area (Å²) in [6, 6.07) is 11.9. The van der Waals surface area contributed by atoms with E-state index in [4.69, 9.17) is 14.5 Å². The second-order valence-corrected chi connectivity index (χ2v) is 8.44. The van der Waals surface area contributed by atoms with Crippen molar-refractivity contribution >= 4 is 22.9 Å². The van der Waals surface area contributed by atoms with E-state index in [1.54, 1.807) is 23.3 Å². The van der Waals surface area contributed by atoms with Crippen molar-refractivity contribution in [2.24, 2.45) is 0 Å². The molecule has 0 spiro atoms. The lowest BCUT2D eigenvalue weighted by Crippen LogP contribution is -2.48. The lowest BCUT2D eigenvalue weighted by Gasteiger charge is -2.34. The minimum Gasteiger partial charge on any atom is -0.497 e. The standard InChI is InChI=1S/C23H24N4O5S/c1-31-19-6-3-16(4-7-19)22-24-17(15-33-22)14-25-9-11-26(12-10-25)23(28)20-13-18(27(29)30)5-8-21(20)32-2/h3-8,13,15H,9-12,14H2,1-2H3. The van der Waals surface area contributed by atoms with Gasteiger partial charge in [0.05, 0.1) is 30.4 Å². The van der Waals surface area contributed by atoms with E-state index in [0.717, 1.165) is 22.0 Å². The van der Waals surface area contributed by atoms with Crippen LogP contribution in [0, 0.1) is 10.1 Å². The van der Waals surface area contributed by atoms with Crippen LogP contribution < -0.4 is 9.47 Å². The molecule has 0 aliphatic carbocycles. The first kappa shape index (κ1) is 22.7. The Kier molecular flexibility index (Phi) is 6.85. The number of methoxy groups -OCH3 is 2. The largest absolute Gasteiger partial charge is 0.497 e. The number of piperazine rings is 1. The van der Waals surface area contributed by atoms with Crippen LogP contribution in [-0.4, -0.2) is 66.0 Å². The monoisotopic (exact) mass is 468 g/mol. The highest BCUT2D eigenvalue weighted by atomic mass is 32.1.